The molecular formula is C15H17ClN4O2. The lowest BCUT2D eigenvalue weighted by atomic mass is 9.82. The number of halogens is 1. The van der Waals surface area contributed by atoms with Gasteiger partial charge < -0.3 is 5.11 Å². The summed E-state index contributed by atoms with van der Waals surface area (Å²) in [5, 5.41) is 22.6. The van der Waals surface area contributed by atoms with Crippen molar-refractivity contribution in [3.05, 3.63) is 40.7 Å². The Kier molecular flexibility index (Phi) is 4.11. The van der Waals surface area contributed by atoms with Gasteiger partial charge in [-0.25, -0.2) is 4.79 Å². The lowest BCUT2D eigenvalue weighted by Crippen LogP contribution is -2.45. The quantitative estimate of drug-likeness (QED) is 0.936. The van der Waals surface area contributed by atoms with E-state index in [1.807, 2.05) is 18.2 Å². The Labute approximate surface area is 133 Å². The molecule has 1 aromatic heterocycles. The van der Waals surface area contributed by atoms with Crippen molar-refractivity contribution >= 4 is 17.6 Å². The number of carboxylic acid groups (broad SMARTS) is 1. The van der Waals surface area contributed by atoms with Gasteiger partial charge in [0.15, 0.2) is 11.4 Å². The Morgan fingerprint density at radius 2 is 2.00 bits per heavy atom. The Hall–Kier alpha value is -1.95. The summed E-state index contributed by atoms with van der Waals surface area (Å²) in [5.74, 6) is -0.395. The van der Waals surface area contributed by atoms with E-state index in [2.05, 4.69) is 15.4 Å². The average Bonchev–Trinajstić information content (AvgIpc) is 2.99. The maximum atomic E-state index is 11.7. The smallest absolute Gasteiger partial charge is 0.333 e. The Balaban J connectivity index is 1.86. The largest absolute Gasteiger partial charge is 0.479 e. The van der Waals surface area contributed by atoms with Crippen molar-refractivity contribution in [2.75, 3.05) is 0 Å². The monoisotopic (exact) mass is 320 g/mol. The van der Waals surface area contributed by atoms with Crippen LogP contribution in [0.3, 0.4) is 0 Å². The van der Waals surface area contributed by atoms with Crippen molar-refractivity contribution in [3.63, 3.8) is 0 Å². The van der Waals surface area contributed by atoms with Crippen LogP contribution in [0, 0.1) is 0 Å². The van der Waals surface area contributed by atoms with Crippen LogP contribution in [0.1, 0.15) is 43.5 Å². The average molecular weight is 321 g/mol. The summed E-state index contributed by atoms with van der Waals surface area (Å²) in [4.78, 5) is 13.0. The lowest BCUT2D eigenvalue weighted by molar-refractivity contribution is -0.151. The second-order valence-corrected chi connectivity index (χ2v) is 6.07. The Bertz CT molecular complexity index is 680. The SMILES string of the molecule is O=C(O)C1(n2nnc(Cc3ccccc3Cl)n2)CCCCC1. The maximum Gasteiger partial charge on any atom is 0.333 e. The molecule has 0 amide bonds. The molecule has 0 saturated heterocycles. The van der Waals surface area contributed by atoms with Crippen LogP contribution in [0.5, 0.6) is 0 Å². The van der Waals surface area contributed by atoms with Crippen LogP contribution in [-0.4, -0.2) is 31.3 Å². The van der Waals surface area contributed by atoms with E-state index in [1.165, 1.54) is 4.80 Å². The van der Waals surface area contributed by atoms with Crippen LogP contribution in [0.2, 0.25) is 5.02 Å². The first-order valence-electron chi connectivity index (χ1n) is 7.38. The maximum absolute atomic E-state index is 11.7. The van der Waals surface area contributed by atoms with Crippen LogP contribution in [-0.2, 0) is 16.8 Å². The predicted molar refractivity (Wildman–Crippen MR) is 80.8 cm³/mol. The minimum Gasteiger partial charge on any atom is -0.479 e. The molecule has 0 atom stereocenters. The molecule has 1 heterocycles. The van der Waals surface area contributed by atoms with E-state index in [1.54, 1.807) is 6.07 Å². The lowest BCUT2D eigenvalue weighted by Gasteiger charge is -2.31. The molecule has 0 unspecified atom stereocenters. The van der Waals surface area contributed by atoms with E-state index in [-0.39, 0.29) is 0 Å². The van der Waals surface area contributed by atoms with Gasteiger partial charge in [0.05, 0.1) is 0 Å². The molecule has 7 heteroatoms. The van der Waals surface area contributed by atoms with Crippen LogP contribution in [0.15, 0.2) is 24.3 Å². The van der Waals surface area contributed by atoms with Gasteiger partial charge in [0.2, 0.25) is 0 Å². The number of rotatable bonds is 4. The van der Waals surface area contributed by atoms with Crippen LogP contribution < -0.4 is 0 Å². The second-order valence-electron chi connectivity index (χ2n) is 5.66. The molecule has 0 spiro atoms. The number of aliphatic carboxylic acids is 1. The third-order valence-corrected chi connectivity index (χ3v) is 4.59. The van der Waals surface area contributed by atoms with Gasteiger partial charge in [-0.3, -0.25) is 0 Å². The summed E-state index contributed by atoms with van der Waals surface area (Å²) >= 11 is 6.13. The zero-order chi connectivity index (χ0) is 15.6. The van der Waals surface area contributed by atoms with E-state index < -0.39 is 11.5 Å². The molecule has 1 aromatic carbocycles. The van der Waals surface area contributed by atoms with Gasteiger partial charge in [-0.2, -0.15) is 0 Å². The molecule has 1 aliphatic rings. The first-order valence-corrected chi connectivity index (χ1v) is 7.76. The standard InChI is InChI=1S/C15H17ClN4O2/c16-12-7-3-2-6-11(12)10-13-17-19-20(18-13)15(14(21)22)8-4-1-5-9-15/h2-3,6-7H,1,4-5,8-10H2,(H,21,22). The summed E-state index contributed by atoms with van der Waals surface area (Å²) in [6.07, 6.45) is 4.32. The van der Waals surface area contributed by atoms with Crippen molar-refractivity contribution in [1.82, 2.24) is 20.2 Å². The Morgan fingerprint density at radius 3 is 2.68 bits per heavy atom. The van der Waals surface area contributed by atoms with Gasteiger partial charge in [-0.05, 0) is 29.7 Å². The number of aromatic nitrogens is 4. The van der Waals surface area contributed by atoms with Crippen LogP contribution in [0.25, 0.3) is 0 Å². The third kappa shape index (κ3) is 2.70. The second kappa shape index (κ2) is 6.04. The molecule has 2 aromatic rings. The number of benzene rings is 1. The normalized spacial score (nSPS) is 17.3. The minimum absolute atomic E-state index is 0.440. The van der Waals surface area contributed by atoms with Gasteiger partial charge >= 0.3 is 5.97 Å². The van der Waals surface area contributed by atoms with Crippen molar-refractivity contribution in [1.29, 1.82) is 0 Å². The number of carboxylic acids is 1. The zero-order valence-electron chi connectivity index (χ0n) is 12.1. The number of hydrogen-bond donors (Lipinski definition) is 1. The molecule has 0 bridgehead atoms. The van der Waals surface area contributed by atoms with Crippen LogP contribution in [0.4, 0.5) is 0 Å². The molecule has 1 aliphatic carbocycles. The highest BCUT2D eigenvalue weighted by Crippen LogP contribution is 2.34. The molecule has 3 rings (SSSR count). The minimum atomic E-state index is -1.05. The van der Waals surface area contributed by atoms with Gasteiger partial charge in [0.1, 0.15) is 0 Å². The van der Waals surface area contributed by atoms with Crippen LogP contribution >= 0.6 is 11.6 Å². The summed E-state index contributed by atoms with van der Waals surface area (Å²) in [6, 6.07) is 7.46. The molecule has 116 valence electrons. The molecule has 1 fully saturated rings. The van der Waals surface area contributed by atoms with Gasteiger partial charge in [-0.1, -0.05) is 49.1 Å². The van der Waals surface area contributed by atoms with E-state index in [0.717, 1.165) is 24.8 Å². The molecule has 6 nitrogen and oxygen atoms in total. The summed E-state index contributed by atoms with van der Waals surface area (Å²) in [7, 11) is 0. The highest BCUT2D eigenvalue weighted by molar-refractivity contribution is 6.31. The first kappa shape index (κ1) is 15.0. The molecule has 0 radical (unpaired) electrons. The third-order valence-electron chi connectivity index (χ3n) is 4.22. The van der Waals surface area contributed by atoms with Crippen molar-refractivity contribution in [2.24, 2.45) is 0 Å². The first-order chi connectivity index (χ1) is 10.6. The van der Waals surface area contributed by atoms with Gasteiger partial charge in [0.25, 0.3) is 0 Å². The summed E-state index contributed by atoms with van der Waals surface area (Å²) in [6.45, 7) is 0. The highest BCUT2D eigenvalue weighted by Gasteiger charge is 2.44. The number of tetrazole rings is 1. The van der Waals surface area contributed by atoms with Crippen molar-refractivity contribution in [2.45, 2.75) is 44.1 Å². The zero-order valence-corrected chi connectivity index (χ0v) is 12.8. The fourth-order valence-electron chi connectivity index (χ4n) is 2.94. The molecule has 1 saturated carbocycles. The van der Waals surface area contributed by atoms with E-state index in [9.17, 15) is 9.90 Å². The van der Waals surface area contributed by atoms with E-state index >= 15 is 0 Å². The summed E-state index contributed by atoms with van der Waals surface area (Å²) < 4.78 is 0. The topological polar surface area (TPSA) is 80.9 Å². The van der Waals surface area contributed by atoms with E-state index in [4.69, 9.17) is 11.6 Å². The number of hydrogen-bond acceptors (Lipinski definition) is 4. The van der Waals surface area contributed by atoms with Crippen molar-refractivity contribution < 1.29 is 9.90 Å². The number of nitrogens with zero attached hydrogens (tertiary/aromatic N) is 4. The predicted octanol–water partition coefficient (Wildman–Crippen LogP) is 2.66. The van der Waals surface area contributed by atoms with Gasteiger partial charge in [-0.15, -0.1) is 15.0 Å². The summed E-state index contributed by atoms with van der Waals surface area (Å²) in [5.41, 5.74) is -0.152. The molecule has 1 N–H and O–H groups in total. The highest BCUT2D eigenvalue weighted by atomic mass is 35.5. The van der Waals surface area contributed by atoms with Crippen molar-refractivity contribution in [3.8, 4) is 0 Å². The van der Waals surface area contributed by atoms with Gasteiger partial charge in [0, 0.05) is 11.4 Å². The molecule has 22 heavy (non-hydrogen) atoms. The molecule has 0 aliphatic heterocycles. The molecular weight excluding hydrogens is 304 g/mol. The van der Waals surface area contributed by atoms with E-state index in [0.29, 0.717) is 30.1 Å². The Morgan fingerprint density at radius 1 is 1.27 bits per heavy atom. The number of carbonyl (C=O) groups is 1. The fourth-order valence-corrected chi connectivity index (χ4v) is 3.15. The fraction of sp³-hybridized carbons (Fsp3) is 0.467.